The zero-order valence-corrected chi connectivity index (χ0v) is 6.04. The first-order chi connectivity index (χ1) is 4.81. The summed E-state index contributed by atoms with van der Waals surface area (Å²) in [6.45, 7) is 2.41. The number of aliphatic imine (C=N–C) groups is 1. The largest absolute Gasteiger partial charge is 0.464 e. The number of carbonyl (C=O) groups excluding carboxylic acids is 1. The van der Waals surface area contributed by atoms with Crippen molar-refractivity contribution in [3.63, 3.8) is 0 Å². The molecule has 0 aromatic carbocycles. The van der Waals surface area contributed by atoms with Crippen LogP contribution >= 0.6 is 0 Å². The number of esters is 1. The van der Waals surface area contributed by atoms with Crippen molar-refractivity contribution in [2.45, 2.75) is 13.3 Å². The Morgan fingerprint density at radius 3 is 3.00 bits per heavy atom. The van der Waals surface area contributed by atoms with Gasteiger partial charge >= 0.3 is 5.97 Å². The van der Waals surface area contributed by atoms with E-state index in [9.17, 15) is 4.79 Å². The lowest BCUT2D eigenvalue weighted by Crippen LogP contribution is -2.09. The van der Waals surface area contributed by atoms with Crippen molar-refractivity contribution in [3.8, 4) is 0 Å². The van der Waals surface area contributed by atoms with Crippen LogP contribution in [-0.4, -0.2) is 25.5 Å². The molecule has 2 N–H and O–H groups in total. The maximum atomic E-state index is 10.6. The van der Waals surface area contributed by atoms with Gasteiger partial charge in [-0.2, -0.15) is 0 Å². The first-order valence-corrected chi connectivity index (χ1v) is 3.17. The quantitative estimate of drug-likeness (QED) is 0.341. The SMILES string of the molecule is CCCOC(=O)CN=CN. The summed E-state index contributed by atoms with van der Waals surface area (Å²) in [4.78, 5) is 14.1. The summed E-state index contributed by atoms with van der Waals surface area (Å²) in [6.07, 6.45) is 1.92. The molecule has 0 atom stereocenters. The molecule has 0 bridgehead atoms. The molecule has 0 aliphatic rings. The molecular weight excluding hydrogens is 132 g/mol. The standard InChI is InChI=1S/C6H12N2O2/c1-2-3-10-6(9)4-8-5-7/h5H,2-4H2,1H3,(H2,7,8). The molecule has 0 radical (unpaired) electrons. The fourth-order valence-corrected chi connectivity index (χ4v) is 0.389. The molecule has 0 rings (SSSR count). The lowest BCUT2D eigenvalue weighted by Gasteiger charge is -1.97. The number of carbonyl (C=O) groups is 1. The average Bonchev–Trinajstić information content (AvgIpc) is 1.97. The van der Waals surface area contributed by atoms with E-state index in [0.717, 1.165) is 12.8 Å². The number of hydrogen-bond acceptors (Lipinski definition) is 3. The molecule has 0 amide bonds. The summed E-state index contributed by atoms with van der Waals surface area (Å²) in [5.74, 6) is -0.330. The number of ether oxygens (including phenoxy) is 1. The minimum Gasteiger partial charge on any atom is -0.464 e. The van der Waals surface area contributed by atoms with Gasteiger partial charge in [-0.25, -0.2) is 0 Å². The van der Waals surface area contributed by atoms with Gasteiger partial charge in [0.2, 0.25) is 0 Å². The Kier molecular flexibility index (Phi) is 5.42. The molecule has 0 aromatic heterocycles. The molecule has 0 aliphatic heterocycles. The summed E-state index contributed by atoms with van der Waals surface area (Å²) < 4.78 is 4.69. The third kappa shape index (κ3) is 5.08. The molecule has 0 saturated heterocycles. The molecule has 4 nitrogen and oxygen atoms in total. The van der Waals surface area contributed by atoms with Crippen molar-refractivity contribution in [3.05, 3.63) is 0 Å². The van der Waals surface area contributed by atoms with E-state index >= 15 is 0 Å². The van der Waals surface area contributed by atoms with Crippen molar-refractivity contribution in [2.75, 3.05) is 13.2 Å². The van der Waals surface area contributed by atoms with Crippen LogP contribution in [0.3, 0.4) is 0 Å². The Balaban J connectivity index is 3.25. The Labute approximate surface area is 60.1 Å². The molecule has 0 unspecified atom stereocenters. The van der Waals surface area contributed by atoms with E-state index in [4.69, 9.17) is 5.73 Å². The average molecular weight is 144 g/mol. The van der Waals surface area contributed by atoms with E-state index in [-0.39, 0.29) is 12.5 Å². The van der Waals surface area contributed by atoms with E-state index in [2.05, 4.69) is 9.73 Å². The van der Waals surface area contributed by atoms with Gasteiger partial charge in [-0.1, -0.05) is 6.92 Å². The fourth-order valence-electron chi connectivity index (χ4n) is 0.389. The lowest BCUT2D eigenvalue weighted by molar-refractivity contribution is -0.141. The van der Waals surface area contributed by atoms with Crippen molar-refractivity contribution < 1.29 is 9.53 Å². The van der Waals surface area contributed by atoms with Gasteiger partial charge in [0.15, 0.2) is 0 Å². The monoisotopic (exact) mass is 144 g/mol. The second-order valence-electron chi connectivity index (χ2n) is 1.71. The van der Waals surface area contributed by atoms with Crippen molar-refractivity contribution in [1.29, 1.82) is 0 Å². The van der Waals surface area contributed by atoms with Gasteiger partial charge in [0.1, 0.15) is 6.54 Å². The first-order valence-electron chi connectivity index (χ1n) is 3.17. The van der Waals surface area contributed by atoms with E-state index in [0.29, 0.717) is 6.61 Å². The minimum atomic E-state index is -0.330. The second-order valence-corrected chi connectivity index (χ2v) is 1.71. The summed E-state index contributed by atoms with van der Waals surface area (Å²) in [7, 11) is 0. The van der Waals surface area contributed by atoms with Gasteiger partial charge < -0.3 is 10.5 Å². The number of nitrogens with zero attached hydrogens (tertiary/aromatic N) is 1. The number of hydrogen-bond donors (Lipinski definition) is 1. The Hall–Kier alpha value is -1.06. The third-order valence-corrected chi connectivity index (χ3v) is 0.793. The van der Waals surface area contributed by atoms with Gasteiger partial charge in [-0.05, 0) is 6.42 Å². The zero-order valence-electron chi connectivity index (χ0n) is 6.04. The Morgan fingerprint density at radius 1 is 1.80 bits per heavy atom. The molecule has 0 fully saturated rings. The van der Waals surface area contributed by atoms with Gasteiger partial charge in [0.25, 0.3) is 0 Å². The van der Waals surface area contributed by atoms with E-state index < -0.39 is 0 Å². The number of nitrogens with two attached hydrogens (primary N) is 1. The van der Waals surface area contributed by atoms with Crippen molar-refractivity contribution >= 4 is 12.3 Å². The fraction of sp³-hybridized carbons (Fsp3) is 0.667. The van der Waals surface area contributed by atoms with Crippen LogP contribution in [0.2, 0.25) is 0 Å². The predicted octanol–water partition coefficient (Wildman–Crippen LogP) is -0.0734. The molecule has 0 aliphatic carbocycles. The molecule has 0 saturated carbocycles. The molecule has 0 spiro atoms. The predicted molar refractivity (Wildman–Crippen MR) is 38.8 cm³/mol. The van der Waals surface area contributed by atoms with Crippen LogP contribution in [0.15, 0.2) is 4.99 Å². The van der Waals surface area contributed by atoms with Gasteiger partial charge in [-0.15, -0.1) is 0 Å². The topological polar surface area (TPSA) is 64.7 Å². The Bertz CT molecular complexity index is 123. The van der Waals surface area contributed by atoms with Gasteiger partial charge in [0.05, 0.1) is 12.9 Å². The van der Waals surface area contributed by atoms with Gasteiger partial charge in [0, 0.05) is 0 Å². The van der Waals surface area contributed by atoms with E-state index in [1.165, 1.54) is 0 Å². The summed E-state index contributed by atoms with van der Waals surface area (Å²) in [5.41, 5.74) is 4.91. The van der Waals surface area contributed by atoms with Crippen LogP contribution < -0.4 is 5.73 Å². The van der Waals surface area contributed by atoms with Crippen LogP contribution in [-0.2, 0) is 9.53 Å². The maximum absolute atomic E-state index is 10.6. The van der Waals surface area contributed by atoms with Crippen LogP contribution in [0, 0.1) is 0 Å². The Morgan fingerprint density at radius 2 is 2.50 bits per heavy atom. The highest BCUT2D eigenvalue weighted by molar-refractivity contribution is 5.73. The molecule has 4 heteroatoms. The lowest BCUT2D eigenvalue weighted by atomic mass is 10.5. The third-order valence-electron chi connectivity index (χ3n) is 0.793. The first kappa shape index (κ1) is 8.94. The van der Waals surface area contributed by atoms with Gasteiger partial charge in [-0.3, -0.25) is 9.79 Å². The van der Waals surface area contributed by atoms with E-state index in [1.807, 2.05) is 6.92 Å². The van der Waals surface area contributed by atoms with Crippen molar-refractivity contribution in [2.24, 2.45) is 10.7 Å². The molecule has 10 heavy (non-hydrogen) atoms. The van der Waals surface area contributed by atoms with E-state index in [1.54, 1.807) is 0 Å². The summed E-state index contributed by atoms with van der Waals surface area (Å²) in [5, 5.41) is 0. The molecule has 0 aromatic rings. The maximum Gasteiger partial charge on any atom is 0.327 e. The number of rotatable bonds is 4. The normalized spacial score (nSPS) is 10.1. The second kappa shape index (κ2) is 6.07. The molecule has 0 heterocycles. The summed E-state index contributed by atoms with van der Waals surface area (Å²) in [6, 6.07) is 0. The van der Waals surface area contributed by atoms with Crippen LogP contribution in [0.25, 0.3) is 0 Å². The highest BCUT2D eigenvalue weighted by Gasteiger charge is 1.96. The zero-order chi connectivity index (χ0) is 7.82. The van der Waals surface area contributed by atoms with Crippen LogP contribution in [0.1, 0.15) is 13.3 Å². The highest BCUT2D eigenvalue weighted by atomic mass is 16.5. The van der Waals surface area contributed by atoms with Crippen LogP contribution in [0.5, 0.6) is 0 Å². The highest BCUT2D eigenvalue weighted by Crippen LogP contribution is 1.82. The smallest absolute Gasteiger partial charge is 0.327 e. The van der Waals surface area contributed by atoms with Crippen molar-refractivity contribution in [1.82, 2.24) is 0 Å². The minimum absolute atomic E-state index is 0.0243. The molecular formula is C6H12N2O2. The summed E-state index contributed by atoms with van der Waals surface area (Å²) >= 11 is 0. The van der Waals surface area contributed by atoms with Crippen LogP contribution in [0.4, 0.5) is 0 Å². The molecule has 58 valence electrons.